The smallest absolute Gasteiger partial charge is 0.340 e. The molecule has 27 heavy (non-hydrogen) atoms. The Balaban J connectivity index is 1.97. The third-order valence-corrected chi connectivity index (χ3v) is 3.94. The topological polar surface area (TPSA) is 119 Å². The number of Topliss-reactive ketones (excluding diaryl/α,β-unsaturated/α-hetero) is 1. The first-order valence-corrected chi connectivity index (χ1v) is 9.69. The van der Waals surface area contributed by atoms with Crippen LogP contribution in [0.15, 0.2) is 48.5 Å². The molecule has 142 valence electrons. The van der Waals surface area contributed by atoms with E-state index in [2.05, 4.69) is 10.0 Å². The summed E-state index contributed by atoms with van der Waals surface area (Å²) < 4.78 is 29.9. The van der Waals surface area contributed by atoms with Crippen molar-refractivity contribution in [3.8, 4) is 0 Å². The Labute approximate surface area is 156 Å². The Morgan fingerprint density at radius 2 is 1.63 bits per heavy atom. The molecular weight excluding hydrogens is 372 g/mol. The van der Waals surface area contributed by atoms with Gasteiger partial charge in [-0.05, 0) is 43.3 Å². The molecule has 0 heterocycles. The van der Waals surface area contributed by atoms with E-state index in [1.165, 1.54) is 19.1 Å². The highest BCUT2D eigenvalue weighted by atomic mass is 32.2. The Bertz CT molecular complexity index is 968. The van der Waals surface area contributed by atoms with Crippen LogP contribution < -0.4 is 10.0 Å². The number of nitrogens with one attached hydrogen (secondary N) is 2. The van der Waals surface area contributed by atoms with Gasteiger partial charge in [-0.1, -0.05) is 12.1 Å². The summed E-state index contributed by atoms with van der Waals surface area (Å²) in [7, 11) is -3.58. The highest BCUT2D eigenvalue weighted by molar-refractivity contribution is 7.92. The predicted octanol–water partition coefficient (Wildman–Crippen LogP) is 2.06. The van der Waals surface area contributed by atoms with Crippen LogP contribution in [-0.4, -0.2) is 38.9 Å². The molecule has 0 aliphatic rings. The molecule has 9 heteroatoms. The Kier molecular flexibility index (Phi) is 6.30. The van der Waals surface area contributed by atoms with Crippen molar-refractivity contribution < 1.29 is 27.5 Å². The number of carbonyl (C=O) groups is 3. The van der Waals surface area contributed by atoms with Crippen molar-refractivity contribution >= 4 is 39.1 Å². The molecule has 0 aliphatic carbocycles. The van der Waals surface area contributed by atoms with E-state index in [0.29, 0.717) is 11.3 Å². The molecule has 0 atom stereocenters. The number of hydrogen-bond donors (Lipinski definition) is 2. The lowest BCUT2D eigenvalue weighted by atomic mass is 10.1. The summed E-state index contributed by atoms with van der Waals surface area (Å²) in [5.74, 6) is -1.51. The molecular formula is C18H18N2O6S. The Hall–Kier alpha value is -3.20. The molecule has 2 N–H and O–H groups in total. The lowest BCUT2D eigenvalue weighted by molar-refractivity contribution is -0.119. The molecule has 2 rings (SSSR count). The van der Waals surface area contributed by atoms with Crippen molar-refractivity contribution in [3.63, 3.8) is 0 Å². The van der Waals surface area contributed by atoms with Crippen LogP contribution in [0.3, 0.4) is 0 Å². The molecule has 1 amide bonds. The SMILES string of the molecule is CC(=O)c1ccc(NC(=O)COC(=O)c2ccccc2NS(C)(=O)=O)cc1. The number of anilines is 2. The minimum atomic E-state index is -3.58. The third kappa shape index (κ3) is 6.23. The highest BCUT2D eigenvalue weighted by Gasteiger charge is 2.16. The molecule has 8 nitrogen and oxygen atoms in total. The van der Waals surface area contributed by atoms with Gasteiger partial charge in [0, 0.05) is 11.3 Å². The molecule has 0 radical (unpaired) electrons. The van der Waals surface area contributed by atoms with Crippen LogP contribution in [0.5, 0.6) is 0 Å². The van der Waals surface area contributed by atoms with Crippen LogP contribution in [0, 0.1) is 0 Å². The first kappa shape index (κ1) is 20.1. The van der Waals surface area contributed by atoms with Crippen LogP contribution >= 0.6 is 0 Å². The second-order valence-corrected chi connectivity index (χ2v) is 7.43. The number of para-hydroxylation sites is 1. The highest BCUT2D eigenvalue weighted by Crippen LogP contribution is 2.17. The largest absolute Gasteiger partial charge is 0.452 e. The molecule has 0 bridgehead atoms. The zero-order valence-corrected chi connectivity index (χ0v) is 15.5. The van der Waals surface area contributed by atoms with E-state index in [1.807, 2.05) is 0 Å². The van der Waals surface area contributed by atoms with E-state index in [1.54, 1.807) is 36.4 Å². The van der Waals surface area contributed by atoms with Crippen molar-refractivity contribution in [1.29, 1.82) is 0 Å². The maximum absolute atomic E-state index is 12.2. The lowest BCUT2D eigenvalue weighted by Crippen LogP contribution is -2.22. The van der Waals surface area contributed by atoms with Crippen molar-refractivity contribution in [2.24, 2.45) is 0 Å². The number of hydrogen-bond acceptors (Lipinski definition) is 6. The van der Waals surface area contributed by atoms with Gasteiger partial charge in [-0.25, -0.2) is 13.2 Å². The van der Waals surface area contributed by atoms with Crippen LogP contribution in [0.2, 0.25) is 0 Å². The van der Waals surface area contributed by atoms with E-state index in [-0.39, 0.29) is 17.0 Å². The van der Waals surface area contributed by atoms with Crippen LogP contribution in [0.4, 0.5) is 11.4 Å². The summed E-state index contributed by atoms with van der Waals surface area (Å²) >= 11 is 0. The quantitative estimate of drug-likeness (QED) is 0.552. The van der Waals surface area contributed by atoms with Gasteiger partial charge in [-0.3, -0.25) is 14.3 Å². The summed E-state index contributed by atoms with van der Waals surface area (Å²) in [6, 6.07) is 12.1. The summed E-state index contributed by atoms with van der Waals surface area (Å²) in [4.78, 5) is 35.3. The average Bonchev–Trinajstić information content (AvgIpc) is 2.59. The zero-order valence-electron chi connectivity index (χ0n) is 14.7. The number of benzene rings is 2. The van der Waals surface area contributed by atoms with E-state index in [0.717, 1.165) is 6.26 Å². The van der Waals surface area contributed by atoms with Gasteiger partial charge in [0.25, 0.3) is 5.91 Å². The van der Waals surface area contributed by atoms with E-state index in [4.69, 9.17) is 4.74 Å². The number of carbonyl (C=O) groups excluding carboxylic acids is 3. The summed E-state index contributed by atoms with van der Waals surface area (Å²) in [5.41, 5.74) is 1.00. The molecule has 2 aromatic rings. The normalized spacial score (nSPS) is 10.7. The minimum Gasteiger partial charge on any atom is -0.452 e. The predicted molar refractivity (Wildman–Crippen MR) is 100 cm³/mol. The summed E-state index contributed by atoms with van der Waals surface area (Å²) in [6.45, 7) is 0.879. The molecule has 0 unspecified atom stereocenters. The van der Waals surface area contributed by atoms with E-state index >= 15 is 0 Å². The van der Waals surface area contributed by atoms with Gasteiger partial charge in [-0.2, -0.15) is 0 Å². The average molecular weight is 390 g/mol. The van der Waals surface area contributed by atoms with Crippen molar-refractivity contribution in [2.45, 2.75) is 6.92 Å². The first-order chi connectivity index (χ1) is 12.7. The fourth-order valence-electron chi connectivity index (χ4n) is 2.14. The Morgan fingerprint density at radius 3 is 2.22 bits per heavy atom. The number of amides is 1. The Morgan fingerprint density at radius 1 is 1.00 bits per heavy atom. The fourth-order valence-corrected chi connectivity index (χ4v) is 2.72. The van der Waals surface area contributed by atoms with Gasteiger partial charge < -0.3 is 10.1 Å². The molecule has 0 saturated carbocycles. The standard InChI is InChI=1S/C18H18N2O6S/c1-12(21)13-7-9-14(10-8-13)19-17(22)11-26-18(23)15-5-3-4-6-16(15)20-27(2,24)25/h3-10,20H,11H2,1-2H3,(H,19,22). The van der Waals surface area contributed by atoms with Gasteiger partial charge in [0.05, 0.1) is 17.5 Å². The van der Waals surface area contributed by atoms with Crippen molar-refractivity contribution in [2.75, 3.05) is 22.9 Å². The third-order valence-electron chi connectivity index (χ3n) is 3.35. The number of ether oxygens (including phenoxy) is 1. The van der Waals surface area contributed by atoms with Gasteiger partial charge >= 0.3 is 5.97 Å². The number of rotatable bonds is 7. The van der Waals surface area contributed by atoms with Gasteiger partial charge in [0.15, 0.2) is 12.4 Å². The van der Waals surface area contributed by atoms with Crippen LogP contribution in [0.1, 0.15) is 27.6 Å². The molecule has 0 fully saturated rings. The molecule has 0 aromatic heterocycles. The van der Waals surface area contributed by atoms with Crippen molar-refractivity contribution in [1.82, 2.24) is 0 Å². The second kappa shape index (κ2) is 8.45. The zero-order chi connectivity index (χ0) is 20.0. The monoisotopic (exact) mass is 390 g/mol. The summed E-state index contributed by atoms with van der Waals surface area (Å²) in [5, 5.41) is 2.53. The maximum atomic E-state index is 12.2. The van der Waals surface area contributed by atoms with E-state index in [9.17, 15) is 22.8 Å². The molecule has 0 saturated heterocycles. The molecule has 0 aliphatic heterocycles. The minimum absolute atomic E-state index is 0.0125. The second-order valence-electron chi connectivity index (χ2n) is 5.68. The lowest BCUT2D eigenvalue weighted by Gasteiger charge is -2.10. The first-order valence-electron chi connectivity index (χ1n) is 7.80. The number of esters is 1. The van der Waals surface area contributed by atoms with Crippen molar-refractivity contribution in [3.05, 3.63) is 59.7 Å². The van der Waals surface area contributed by atoms with E-state index < -0.39 is 28.5 Å². The summed E-state index contributed by atoms with van der Waals surface area (Å²) in [6.07, 6.45) is 0.958. The van der Waals surface area contributed by atoms with Gasteiger partial charge in [-0.15, -0.1) is 0 Å². The molecule has 0 spiro atoms. The maximum Gasteiger partial charge on any atom is 0.340 e. The fraction of sp³-hybridized carbons (Fsp3) is 0.167. The number of ketones is 1. The van der Waals surface area contributed by atoms with Crippen LogP contribution in [-0.2, 0) is 19.6 Å². The number of sulfonamides is 1. The molecule has 2 aromatic carbocycles. The van der Waals surface area contributed by atoms with Gasteiger partial charge in [0.2, 0.25) is 10.0 Å². The van der Waals surface area contributed by atoms with Crippen LogP contribution in [0.25, 0.3) is 0 Å². The van der Waals surface area contributed by atoms with Gasteiger partial charge in [0.1, 0.15) is 0 Å².